The van der Waals surface area contributed by atoms with Crippen LogP contribution in [0.5, 0.6) is 0 Å². The number of carbonyl (C=O) groups excluding carboxylic acids is 1. The second-order valence-corrected chi connectivity index (χ2v) is 19.0. The van der Waals surface area contributed by atoms with Crippen molar-refractivity contribution in [2.45, 2.75) is 116 Å². The second-order valence-electron chi connectivity index (χ2n) is 18.0. The number of hydrogen-bond donors (Lipinski definition) is 1. The smallest absolute Gasteiger partial charge is 0.165 e. The maximum absolute atomic E-state index is 12.8. The third-order valence-electron chi connectivity index (χ3n) is 12.1. The van der Waals surface area contributed by atoms with E-state index < -0.39 is 5.41 Å². The molecule has 0 aliphatic rings. The van der Waals surface area contributed by atoms with Gasteiger partial charge in [0.2, 0.25) is 0 Å². The number of rotatable bonds is 10. The SMILES string of the molecule is CC(C)C(C)(C(=O)/C=C(\O)C(C)(C(C)C)C(C)C)C(C)C.CC(C)Cc1cccc2c1sc1c(-c3[c-]c4ccccc4c(C(C)(C)C)c3)nccc12.[Ir]. The van der Waals surface area contributed by atoms with Gasteiger partial charge in [-0.15, -0.1) is 40.5 Å². The predicted octanol–water partition coefficient (Wildman–Crippen LogP) is 14.2. The number of fused-ring (bicyclic) bond motifs is 4. The standard InChI is InChI=1S/C29H28NS.C19H36O2.Ir/c1-18(2)15-20-10-8-12-23-24-13-14-30-26(28(24)31-27(20)23)21-16-19-9-6-7-11-22(19)25(17-21)29(3,4)5;1-12(2)18(9,13(3)4)16(20)11-17(21)19(10,14(5)6)15(7)8;/h6-14,17-18H,15H2,1-5H3;11-15,20H,1-10H3;/q-1;;/b;16-11-;. The van der Waals surface area contributed by atoms with Gasteiger partial charge in [-0.3, -0.25) is 9.78 Å². The van der Waals surface area contributed by atoms with Gasteiger partial charge in [-0.25, -0.2) is 0 Å². The van der Waals surface area contributed by atoms with Gasteiger partial charge >= 0.3 is 0 Å². The third-order valence-corrected chi connectivity index (χ3v) is 13.4. The van der Waals surface area contributed by atoms with Crippen LogP contribution in [0.1, 0.15) is 115 Å². The molecule has 0 unspecified atom stereocenters. The van der Waals surface area contributed by atoms with E-state index in [0.717, 1.165) is 23.1 Å². The number of aliphatic hydroxyl groups is 1. The number of pyridine rings is 1. The van der Waals surface area contributed by atoms with Crippen molar-refractivity contribution in [1.29, 1.82) is 0 Å². The molecule has 0 bridgehead atoms. The summed E-state index contributed by atoms with van der Waals surface area (Å²) in [5.74, 6) is 1.91. The fraction of sp³-hybridized carbons (Fsp3) is 0.500. The number of benzene rings is 3. The van der Waals surface area contributed by atoms with Gasteiger partial charge in [0, 0.05) is 63.7 Å². The third kappa shape index (κ3) is 9.01. The predicted molar refractivity (Wildman–Crippen MR) is 227 cm³/mol. The largest absolute Gasteiger partial charge is 0.512 e. The minimum atomic E-state index is -0.442. The van der Waals surface area contributed by atoms with Gasteiger partial charge in [-0.05, 0) is 58.4 Å². The summed E-state index contributed by atoms with van der Waals surface area (Å²) in [6, 6.07) is 23.5. The molecule has 0 aliphatic carbocycles. The van der Waals surface area contributed by atoms with E-state index in [0.29, 0.717) is 5.92 Å². The molecule has 3 nitrogen and oxygen atoms in total. The van der Waals surface area contributed by atoms with E-state index in [1.54, 1.807) is 0 Å². The molecule has 53 heavy (non-hydrogen) atoms. The molecule has 3 aromatic carbocycles. The number of allylic oxidation sites excluding steroid dienone is 2. The first-order chi connectivity index (χ1) is 24.1. The van der Waals surface area contributed by atoms with Gasteiger partial charge in [-0.1, -0.05) is 151 Å². The van der Waals surface area contributed by atoms with Crippen molar-refractivity contribution in [2.24, 2.45) is 40.4 Å². The summed E-state index contributed by atoms with van der Waals surface area (Å²) in [5, 5.41) is 15.7. The molecule has 0 fully saturated rings. The van der Waals surface area contributed by atoms with E-state index in [-0.39, 0.29) is 66.1 Å². The number of ketones is 1. The van der Waals surface area contributed by atoms with Crippen LogP contribution in [0.2, 0.25) is 0 Å². The van der Waals surface area contributed by atoms with Gasteiger partial charge in [-0.2, -0.15) is 0 Å². The van der Waals surface area contributed by atoms with Crippen LogP contribution in [0.15, 0.2) is 72.6 Å². The Kier molecular flexibility index (Phi) is 14.5. The minimum absolute atomic E-state index is 0. The molecule has 2 aromatic heterocycles. The number of carbonyl (C=O) groups is 1. The van der Waals surface area contributed by atoms with Crippen molar-refractivity contribution in [3.63, 3.8) is 0 Å². The van der Waals surface area contributed by atoms with E-state index in [9.17, 15) is 9.90 Å². The van der Waals surface area contributed by atoms with Crippen molar-refractivity contribution in [3.8, 4) is 11.3 Å². The van der Waals surface area contributed by atoms with Gasteiger partial charge in [0.15, 0.2) is 5.78 Å². The van der Waals surface area contributed by atoms with Crippen LogP contribution in [-0.4, -0.2) is 15.9 Å². The first-order valence-electron chi connectivity index (χ1n) is 19.4. The van der Waals surface area contributed by atoms with Crippen molar-refractivity contribution in [3.05, 3.63) is 89.8 Å². The van der Waals surface area contributed by atoms with Gasteiger partial charge in [0.25, 0.3) is 0 Å². The van der Waals surface area contributed by atoms with Gasteiger partial charge in [0.05, 0.1) is 0 Å². The topological polar surface area (TPSA) is 50.2 Å². The molecule has 2 heterocycles. The molecule has 0 saturated carbocycles. The van der Waals surface area contributed by atoms with Crippen LogP contribution >= 0.6 is 11.3 Å². The molecule has 0 amide bonds. The van der Waals surface area contributed by atoms with Crippen LogP contribution in [0.4, 0.5) is 0 Å². The first kappa shape index (κ1) is 44.5. The zero-order chi connectivity index (χ0) is 38.9. The summed E-state index contributed by atoms with van der Waals surface area (Å²) in [5.41, 5.74) is 4.15. The summed E-state index contributed by atoms with van der Waals surface area (Å²) in [4.78, 5) is 17.7. The van der Waals surface area contributed by atoms with Crippen molar-refractivity contribution in [2.75, 3.05) is 0 Å². The molecular formula is C48H64IrNO2S-. The molecular weight excluding hydrogens is 847 g/mol. The quantitative estimate of drug-likeness (QED) is 0.0863. The number of thiophene rings is 1. The van der Waals surface area contributed by atoms with Gasteiger partial charge < -0.3 is 5.11 Å². The summed E-state index contributed by atoms with van der Waals surface area (Å²) >= 11 is 1.89. The summed E-state index contributed by atoms with van der Waals surface area (Å²) < 4.78 is 2.66. The summed E-state index contributed by atoms with van der Waals surface area (Å²) in [7, 11) is 0. The van der Waals surface area contributed by atoms with E-state index >= 15 is 0 Å². The minimum Gasteiger partial charge on any atom is -0.512 e. The average Bonchev–Trinajstić information content (AvgIpc) is 3.46. The maximum atomic E-state index is 12.8. The number of aliphatic hydroxyl groups excluding tert-OH is 1. The van der Waals surface area contributed by atoms with E-state index in [2.05, 4.69) is 151 Å². The Hall–Kier alpha value is -2.85. The van der Waals surface area contributed by atoms with Crippen molar-refractivity contribution < 1.29 is 30.0 Å². The zero-order valence-electron chi connectivity index (χ0n) is 35.0. The maximum Gasteiger partial charge on any atom is 0.165 e. The van der Waals surface area contributed by atoms with Crippen LogP contribution in [0, 0.1) is 46.5 Å². The Labute approximate surface area is 338 Å². The molecule has 0 spiro atoms. The van der Waals surface area contributed by atoms with E-state index in [1.807, 2.05) is 31.4 Å². The van der Waals surface area contributed by atoms with Crippen LogP contribution < -0.4 is 0 Å². The first-order valence-corrected chi connectivity index (χ1v) is 20.2. The van der Waals surface area contributed by atoms with Crippen molar-refractivity contribution >= 4 is 48.1 Å². The summed E-state index contributed by atoms with van der Waals surface area (Å²) in [6.07, 6.45) is 4.56. The van der Waals surface area contributed by atoms with Crippen molar-refractivity contribution in [1.82, 2.24) is 4.98 Å². The molecule has 0 atom stereocenters. The zero-order valence-corrected chi connectivity index (χ0v) is 38.2. The average molecular weight is 911 g/mol. The Bertz CT molecular complexity index is 2040. The van der Waals surface area contributed by atoms with E-state index in [1.165, 1.54) is 42.8 Å². The Morgan fingerprint density at radius 3 is 1.85 bits per heavy atom. The molecule has 5 aromatic rings. The Morgan fingerprint density at radius 1 is 0.755 bits per heavy atom. The van der Waals surface area contributed by atoms with Crippen LogP contribution in [0.25, 0.3) is 42.2 Å². The molecule has 5 heteroatoms. The molecule has 5 rings (SSSR count). The Balaban J connectivity index is 0.000000305. The van der Waals surface area contributed by atoms with E-state index in [4.69, 9.17) is 4.98 Å². The van der Waals surface area contributed by atoms with Crippen LogP contribution in [-0.2, 0) is 36.7 Å². The van der Waals surface area contributed by atoms with Crippen LogP contribution in [0.3, 0.4) is 0 Å². The monoisotopic (exact) mass is 911 g/mol. The fourth-order valence-corrected chi connectivity index (χ4v) is 8.80. The molecule has 1 N–H and O–H groups in total. The summed E-state index contributed by atoms with van der Waals surface area (Å²) in [6.45, 7) is 32.2. The molecule has 0 saturated heterocycles. The molecule has 1 radical (unpaired) electrons. The normalized spacial score (nSPS) is 13.1. The number of aromatic nitrogens is 1. The van der Waals surface area contributed by atoms with Gasteiger partial charge in [0.1, 0.15) is 5.76 Å². The second kappa shape index (κ2) is 17.3. The number of nitrogens with zero attached hydrogens (tertiary/aromatic N) is 1. The Morgan fingerprint density at radius 2 is 1.30 bits per heavy atom. The molecule has 0 aliphatic heterocycles. The molecule has 289 valence electrons. The number of hydrogen-bond acceptors (Lipinski definition) is 4. The fourth-order valence-electron chi connectivity index (χ4n) is 7.48.